The third-order valence-corrected chi connectivity index (χ3v) is 8.51. The number of hydrazine groups is 1. The molecule has 11 nitrogen and oxygen atoms in total. The highest BCUT2D eigenvalue weighted by molar-refractivity contribution is 7.19. The summed E-state index contributed by atoms with van der Waals surface area (Å²) in [6.45, 7) is 3.60. The van der Waals surface area contributed by atoms with Gasteiger partial charge in [-0.3, -0.25) is 25.2 Å². The van der Waals surface area contributed by atoms with Crippen molar-refractivity contribution in [2.24, 2.45) is 0 Å². The molecule has 2 aliphatic heterocycles. The van der Waals surface area contributed by atoms with E-state index >= 15 is 0 Å². The van der Waals surface area contributed by atoms with Crippen LogP contribution in [0, 0.1) is 0 Å². The molecule has 0 radical (unpaired) electrons. The molecule has 2 aliphatic rings. The van der Waals surface area contributed by atoms with E-state index in [4.69, 9.17) is 16.3 Å². The molecule has 2 saturated heterocycles. The number of thiophene rings is 1. The number of anilines is 1. The Labute approximate surface area is 257 Å². The standard InChI is InChI=1S/C30H32ClN5O6S/c1-16(18-4-3-5-19(12-18)23-9-10-24(31)43-23)33-28(38)22-13-20(34-21-14-32-15-21)8-6-17(22)7-11-25(37)35-36-29(39)26-27(42-26)30(40)41-2/h3-6,8-10,12-13,16,21,26-27,32,34H,7,11,14-15H2,1-2H3,(H,33,38)(H,35,37)(H,36,39). The van der Waals surface area contributed by atoms with E-state index in [1.165, 1.54) is 18.4 Å². The Kier molecular flexibility index (Phi) is 9.61. The van der Waals surface area contributed by atoms with Crippen LogP contribution in [0.25, 0.3) is 10.4 Å². The number of hydrogen-bond donors (Lipinski definition) is 5. The monoisotopic (exact) mass is 625 g/mol. The first-order chi connectivity index (χ1) is 20.7. The first-order valence-electron chi connectivity index (χ1n) is 13.8. The lowest BCUT2D eigenvalue weighted by molar-refractivity contribution is -0.142. The summed E-state index contributed by atoms with van der Waals surface area (Å²) in [5.41, 5.74) is 8.49. The summed E-state index contributed by atoms with van der Waals surface area (Å²) in [7, 11) is 1.20. The minimum absolute atomic E-state index is 0.00675. The van der Waals surface area contributed by atoms with E-state index in [-0.39, 0.29) is 30.8 Å². The van der Waals surface area contributed by atoms with E-state index in [2.05, 4.69) is 31.5 Å². The van der Waals surface area contributed by atoms with Crippen molar-refractivity contribution in [1.29, 1.82) is 0 Å². The van der Waals surface area contributed by atoms with Gasteiger partial charge in [0, 0.05) is 35.6 Å². The number of amides is 3. The van der Waals surface area contributed by atoms with Crippen LogP contribution in [-0.2, 0) is 30.3 Å². The first kappa shape index (κ1) is 30.5. The van der Waals surface area contributed by atoms with Gasteiger partial charge in [0.1, 0.15) is 0 Å². The Morgan fingerprint density at radius 1 is 1.07 bits per heavy atom. The second-order valence-electron chi connectivity index (χ2n) is 10.3. The van der Waals surface area contributed by atoms with E-state index in [0.717, 1.165) is 34.8 Å². The summed E-state index contributed by atoms with van der Waals surface area (Å²) in [5, 5.41) is 9.73. The maximum Gasteiger partial charge on any atom is 0.338 e. The highest BCUT2D eigenvalue weighted by atomic mass is 35.5. The number of ether oxygens (including phenoxy) is 2. The van der Waals surface area contributed by atoms with E-state index in [1.54, 1.807) is 6.07 Å². The number of benzene rings is 2. The molecule has 3 amide bonds. The van der Waals surface area contributed by atoms with Crippen molar-refractivity contribution in [2.75, 3.05) is 25.5 Å². The number of carbonyl (C=O) groups is 4. The Bertz CT molecular complexity index is 1530. The lowest BCUT2D eigenvalue weighted by Crippen LogP contribution is -2.51. The molecular formula is C30H32ClN5O6S. The fourth-order valence-electron chi connectivity index (χ4n) is 4.63. The highest BCUT2D eigenvalue weighted by Crippen LogP contribution is 2.32. The molecule has 0 spiro atoms. The third-order valence-electron chi connectivity index (χ3n) is 7.23. The fourth-order valence-corrected chi connectivity index (χ4v) is 5.67. The van der Waals surface area contributed by atoms with Crippen molar-refractivity contribution in [3.05, 3.63) is 75.6 Å². The SMILES string of the molecule is COC(=O)C1OC1C(=O)NNC(=O)CCc1ccc(NC2CNC2)cc1C(=O)NC(C)c1cccc(-c2ccc(Cl)s2)c1. The number of rotatable bonds is 11. The molecule has 3 heterocycles. The van der Waals surface area contributed by atoms with Crippen LogP contribution in [0.1, 0.15) is 40.9 Å². The van der Waals surface area contributed by atoms with Gasteiger partial charge in [-0.15, -0.1) is 11.3 Å². The van der Waals surface area contributed by atoms with E-state index in [1.807, 2.05) is 55.5 Å². The van der Waals surface area contributed by atoms with E-state index in [0.29, 0.717) is 15.5 Å². The molecule has 13 heteroatoms. The molecule has 5 N–H and O–H groups in total. The van der Waals surface area contributed by atoms with Gasteiger partial charge in [-0.2, -0.15) is 0 Å². The predicted molar refractivity (Wildman–Crippen MR) is 163 cm³/mol. The van der Waals surface area contributed by atoms with Gasteiger partial charge >= 0.3 is 5.97 Å². The zero-order chi connectivity index (χ0) is 30.5. The second-order valence-corrected chi connectivity index (χ2v) is 12.0. The summed E-state index contributed by atoms with van der Waals surface area (Å²) >= 11 is 7.61. The molecule has 2 fully saturated rings. The maximum absolute atomic E-state index is 13.6. The topological polar surface area (TPSA) is 150 Å². The number of epoxide rings is 1. The van der Waals surface area contributed by atoms with Crippen LogP contribution in [0.2, 0.25) is 4.34 Å². The van der Waals surface area contributed by atoms with Gasteiger partial charge in [0.15, 0.2) is 12.2 Å². The average Bonchev–Trinajstić information content (AvgIpc) is 3.68. The van der Waals surface area contributed by atoms with Crippen molar-refractivity contribution < 1.29 is 28.7 Å². The van der Waals surface area contributed by atoms with Crippen LogP contribution < -0.4 is 26.8 Å². The molecule has 0 saturated carbocycles. The fraction of sp³-hybridized carbons (Fsp3) is 0.333. The highest BCUT2D eigenvalue weighted by Gasteiger charge is 2.51. The molecule has 0 aliphatic carbocycles. The largest absolute Gasteiger partial charge is 0.467 e. The zero-order valence-corrected chi connectivity index (χ0v) is 25.1. The van der Waals surface area contributed by atoms with Crippen LogP contribution in [-0.4, -0.2) is 62.1 Å². The molecule has 43 heavy (non-hydrogen) atoms. The number of hydrogen-bond acceptors (Lipinski definition) is 9. The van der Waals surface area contributed by atoms with Crippen LogP contribution >= 0.6 is 22.9 Å². The van der Waals surface area contributed by atoms with Gasteiger partial charge in [0.25, 0.3) is 11.8 Å². The van der Waals surface area contributed by atoms with Gasteiger partial charge < -0.3 is 25.4 Å². The van der Waals surface area contributed by atoms with Crippen molar-refractivity contribution >= 4 is 52.3 Å². The summed E-state index contributed by atoms with van der Waals surface area (Å²) in [5.74, 6) is -2.03. The maximum atomic E-state index is 13.6. The van der Waals surface area contributed by atoms with E-state index < -0.39 is 30.0 Å². The Hall–Kier alpha value is -3.97. The van der Waals surface area contributed by atoms with Gasteiger partial charge in [0.05, 0.1) is 23.5 Å². The number of methoxy groups -OCH3 is 1. The van der Waals surface area contributed by atoms with Crippen LogP contribution in [0.15, 0.2) is 54.6 Å². The molecule has 3 aromatic rings. The molecular weight excluding hydrogens is 594 g/mol. The molecule has 0 bridgehead atoms. The van der Waals surface area contributed by atoms with Gasteiger partial charge in [-0.25, -0.2) is 4.79 Å². The van der Waals surface area contributed by atoms with Gasteiger partial charge in [-0.05, 0) is 60.4 Å². The molecule has 3 unspecified atom stereocenters. The zero-order valence-electron chi connectivity index (χ0n) is 23.6. The average molecular weight is 626 g/mol. The second kappa shape index (κ2) is 13.6. The Morgan fingerprint density at radius 3 is 2.58 bits per heavy atom. The summed E-state index contributed by atoms with van der Waals surface area (Å²) in [6, 6.07) is 17.3. The lowest BCUT2D eigenvalue weighted by Gasteiger charge is -2.29. The van der Waals surface area contributed by atoms with Gasteiger partial charge in [0.2, 0.25) is 5.91 Å². The van der Waals surface area contributed by atoms with Crippen LogP contribution in [0.3, 0.4) is 0 Å². The number of carbonyl (C=O) groups excluding carboxylic acids is 4. The number of aryl methyl sites for hydroxylation is 1. The van der Waals surface area contributed by atoms with Gasteiger partial charge in [-0.1, -0.05) is 35.9 Å². The minimum atomic E-state index is -1.00. The van der Waals surface area contributed by atoms with Crippen molar-refractivity contribution in [3.8, 4) is 10.4 Å². The molecule has 3 atom stereocenters. The van der Waals surface area contributed by atoms with Crippen LogP contribution in [0.4, 0.5) is 5.69 Å². The molecule has 2 aromatic carbocycles. The summed E-state index contributed by atoms with van der Waals surface area (Å²) < 4.78 is 10.2. The van der Waals surface area contributed by atoms with E-state index in [9.17, 15) is 19.2 Å². The smallest absolute Gasteiger partial charge is 0.338 e. The Balaban J connectivity index is 1.23. The first-order valence-corrected chi connectivity index (χ1v) is 15.0. The molecule has 226 valence electrons. The molecule has 1 aromatic heterocycles. The van der Waals surface area contributed by atoms with Crippen LogP contribution in [0.5, 0.6) is 0 Å². The number of halogens is 1. The van der Waals surface area contributed by atoms with Crippen molar-refractivity contribution in [3.63, 3.8) is 0 Å². The number of esters is 1. The minimum Gasteiger partial charge on any atom is -0.467 e. The number of nitrogens with one attached hydrogen (secondary N) is 5. The van der Waals surface area contributed by atoms with Crippen molar-refractivity contribution in [1.82, 2.24) is 21.5 Å². The molecule has 5 rings (SSSR count). The normalized spacial score (nSPS) is 18.1. The summed E-state index contributed by atoms with van der Waals surface area (Å²) in [4.78, 5) is 50.7. The lowest BCUT2D eigenvalue weighted by atomic mass is 9.99. The summed E-state index contributed by atoms with van der Waals surface area (Å²) in [6.07, 6.45) is -1.71. The predicted octanol–water partition coefficient (Wildman–Crippen LogP) is 2.96. The quantitative estimate of drug-likeness (QED) is 0.124. The Morgan fingerprint density at radius 2 is 1.88 bits per heavy atom. The third kappa shape index (κ3) is 7.71. The van der Waals surface area contributed by atoms with Crippen molar-refractivity contribution in [2.45, 2.75) is 44.1 Å².